The Bertz CT molecular complexity index is 1850. The molecule has 5 heteroatoms. The van der Waals surface area contributed by atoms with E-state index in [0.29, 0.717) is 0 Å². The van der Waals surface area contributed by atoms with Gasteiger partial charge < -0.3 is 13.9 Å². The SMILES string of the molecule is COc1cccc(-n2c3cccnc3c3ncc4c5ccccc5n(-c5ccccc5)c4c32)c1. The van der Waals surface area contributed by atoms with Gasteiger partial charge in [-0.2, -0.15) is 0 Å². The number of methoxy groups -OCH3 is 1. The maximum absolute atomic E-state index is 5.56. The molecule has 0 saturated heterocycles. The lowest BCUT2D eigenvalue weighted by Gasteiger charge is -2.12. The molecular formula is C29H20N4O. The fourth-order valence-corrected chi connectivity index (χ4v) is 5.06. The number of rotatable bonds is 3. The summed E-state index contributed by atoms with van der Waals surface area (Å²) in [5.41, 5.74) is 8.17. The summed E-state index contributed by atoms with van der Waals surface area (Å²) in [7, 11) is 1.69. The van der Waals surface area contributed by atoms with E-state index in [4.69, 9.17) is 14.7 Å². The van der Waals surface area contributed by atoms with Crippen molar-refractivity contribution in [3.05, 3.63) is 103 Å². The van der Waals surface area contributed by atoms with Crippen LogP contribution < -0.4 is 4.74 Å². The van der Waals surface area contributed by atoms with Crippen molar-refractivity contribution in [2.75, 3.05) is 7.11 Å². The van der Waals surface area contributed by atoms with Gasteiger partial charge in [0.1, 0.15) is 16.8 Å². The van der Waals surface area contributed by atoms with E-state index in [2.05, 4.69) is 75.9 Å². The lowest BCUT2D eigenvalue weighted by Crippen LogP contribution is -1.99. The number of para-hydroxylation sites is 2. The van der Waals surface area contributed by atoms with Crippen LogP contribution in [0.3, 0.4) is 0 Å². The van der Waals surface area contributed by atoms with Crippen LogP contribution in [0.4, 0.5) is 0 Å². The highest BCUT2D eigenvalue weighted by Gasteiger charge is 2.22. The molecule has 0 spiro atoms. The van der Waals surface area contributed by atoms with Gasteiger partial charge in [-0.1, -0.05) is 42.5 Å². The van der Waals surface area contributed by atoms with Gasteiger partial charge in [-0.15, -0.1) is 0 Å². The molecule has 34 heavy (non-hydrogen) atoms. The Hall–Kier alpha value is -4.64. The zero-order valence-electron chi connectivity index (χ0n) is 18.5. The number of benzene rings is 3. The van der Waals surface area contributed by atoms with Gasteiger partial charge in [-0.3, -0.25) is 9.97 Å². The summed E-state index contributed by atoms with van der Waals surface area (Å²) in [4.78, 5) is 9.69. The fourth-order valence-electron chi connectivity index (χ4n) is 5.06. The van der Waals surface area contributed by atoms with Crippen molar-refractivity contribution in [3.63, 3.8) is 0 Å². The normalized spacial score (nSPS) is 11.7. The van der Waals surface area contributed by atoms with Crippen molar-refractivity contribution >= 4 is 43.9 Å². The highest BCUT2D eigenvalue weighted by atomic mass is 16.5. The summed E-state index contributed by atoms with van der Waals surface area (Å²) in [5, 5.41) is 2.28. The Morgan fingerprint density at radius 2 is 1.38 bits per heavy atom. The van der Waals surface area contributed by atoms with E-state index in [1.165, 1.54) is 5.39 Å². The Morgan fingerprint density at radius 1 is 0.618 bits per heavy atom. The molecule has 0 atom stereocenters. The van der Waals surface area contributed by atoms with Crippen molar-refractivity contribution in [1.29, 1.82) is 0 Å². The molecule has 0 bridgehead atoms. The molecule has 0 radical (unpaired) electrons. The van der Waals surface area contributed by atoms with Crippen LogP contribution in [-0.2, 0) is 0 Å². The summed E-state index contributed by atoms with van der Waals surface area (Å²) in [6.07, 6.45) is 3.82. The monoisotopic (exact) mass is 440 g/mol. The standard InChI is InChI=1S/C29H20N4O/c1-34-21-12-7-11-20(17-21)33-25-15-8-16-30-26(25)27-29(33)28-23(18-31-27)22-13-5-6-14-24(22)32(28)19-9-3-2-4-10-19/h2-18H,1H3. The Morgan fingerprint density at radius 3 is 2.26 bits per heavy atom. The molecule has 0 fully saturated rings. The van der Waals surface area contributed by atoms with Crippen LogP contribution in [-0.4, -0.2) is 26.2 Å². The first-order valence-electron chi connectivity index (χ1n) is 11.2. The van der Waals surface area contributed by atoms with Crippen molar-refractivity contribution in [2.24, 2.45) is 0 Å². The van der Waals surface area contributed by atoms with Gasteiger partial charge >= 0.3 is 0 Å². The summed E-state index contributed by atoms with van der Waals surface area (Å²) >= 11 is 0. The first-order valence-corrected chi connectivity index (χ1v) is 11.2. The second-order valence-corrected chi connectivity index (χ2v) is 8.31. The Labute approximate surface area is 195 Å². The molecule has 7 aromatic rings. The third kappa shape index (κ3) is 2.55. The smallest absolute Gasteiger partial charge is 0.120 e. The lowest BCUT2D eigenvalue weighted by molar-refractivity contribution is 0.414. The maximum Gasteiger partial charge on any atom is 0.120 e. The minimum atomic E-state index is 0.806. The number of aromatic nitrogens is 4. The van der Waals surface area contributed by atoms with E-state index < -0.39 is 0 Å². The molecule has 3 aromatic carbocycles. The topological polar surface area (TPSA) is 44.9 Å². The van der Waals surface area contributed by atoms with Crippen molar-refractivity contribution in [1.82, 2.24) is 19.1 Å². The Balaban J connectivity index is 1.77. The third-order valence-corrected chi connectivity index (χ3v) is 6.49. The number of pyridine rings is 2. The Kier molecular flexibility index (Phi) is 3.99. The van der Waals surface area contributed by atoms with Crippen LogP contribution >= 0.6 is 0 Å². The lowest BCUT2D eigenvalue weighted by atomic mass is 10.2. The molecule has 0 saturated carbocycles. The molecule has 4 heterocycles. The molecule has 0 amide bonds. The van der Waals surface area contributed by atoms with E-state index in [1.54, 1.807) is 7.11 Å². The summed E-state index contributed by atoms with van der Waals surface area (Å²) in [6.45, 7) is 0. The largest absolute Gasteiger partial charge is 0.497 e. The van der Waals surface area contributed by atoms with Crippen LogP contribution in [0.15, 0.2) is 103 Å². The van der Waals surface area contributed by atoms with Crippen LogP contribution in [0.2, 0.25) is 0 Å². The fraction of sp³-hybridized carbons (Fsp3) is 0.0345. The highest BCUT2D eigenvalue weighted by Crippen LogP contribution is 2.40. The number of nitrogens with zero attached hydrogens (tertiary/aromatic N) is 4. The second-order valence-electron chi connectivity index (χ2n) is 8.31. The molecule has 0 aliphatic heterocycles. The molecule has 0 N–H and O–H groups in total. The molecule has 5 nitrogen and oxygen atoms in total. The summed E-state index contributed by atoms with van der Waals surface area (Å²) in [5.74, 6) is 0.806. The molecular weight excluding hydrogens is 420 g/mol. The van der Waals surface area contributed by atoms with Crippen LogP contribution in [0.5, 0.6) is 5.75 Å². The van der Waals surface area contributed by atoms with Gasteiger partial charge in [0.25, 0.3) is 0 Å². The van der Waals surface area contributed by atoms with Gasteiger partial charge in [0.15, 0.2) is 0 Å². The van der Waals surface area contributed by atoms with Crippen molar-refractivity contribution in [3.8, 4) is 17.1 Å². The zero-order chi connectivity index (χ0) is 22.6. The minimum Gasteiger partial charge on any atom is -0.497 e. The molecule has 0 aliphatic carbocycles. The third-order valence-electron chi connectivity index (χ3n) is 6.49. The van der Waals surface area contributed by atoms with E-state index in [9.17, 15) is 0 Å². The van der Waals surface area contributed by atoms with Crippen molar-refractivity contribution in [2.45, 2.75) is 0 Å². The van der Waals surface area contributed by atoms with Gasteiger partial charge in [0, 0.05) is 34.9 Å². The molecule has 0 unspecified atom stereocenters. The molecule has 4 aromatic heterocycles. The first kappa shape index (κ1) is 18.9. The average molecular weight is 441 g/mol. The molecule has 162 valence electrons. The highest BCUT2D eigenvalue weighted by molar-refractivity contribution is 6.21. The molecule has 7 rings (SSSR count). The molecule has 0 aliphatic rings. The van der Waals surface area contributed by atoms with Crippen molar-refractivity contribution < 1.29 is 4.74 Å². The van der Waals surface area contributed by atoms with Gasteiger partial charge in [0.2, 0.25) is 0 Å². The maximum atomic E-state index is 5.56. The van der Waals surface area contributed by atoms with E-state index in [0.717, 1.165) is 55.6 Å². The van der Waals surface area contributed by atoms with E-state index in [-0.39, 0.29) is 0 Å². The van der Waals surface area contributed by atoms with Gasteiger partial charge in [0.05, 0.1) is 34.9 Å². The van der Waals surface area contributed by atoms with E-state index >= 15 is 0 Å². The first-order chi connectivity index (χ1) is 16.8. The summed E-state index contributed by atoms with van der Waals surface area (Å²) < 4.78 is 10.2. The number of fused-ring (bicyclic) bond motifs is 7. The number of hydrogen-bond donors (Lipinski definition) is 0. The van der Waals surface area contributed by atoms with E-state index in [1.807, 2.05) is 36.7 Å². The van der Waals surface area contributed by atoms with Gasteiger partial charge in [-0.05, 0) is 42.5 Å². The predicted molar refractivity (Wildman–Crippen MR) is 137 cm³/mol. The van der Waals surface area contributed by atoms with Crippen LogP contribution in [0, 0.1) is 0 Å². The van der Waals surface area contributed by atoms with Crippen LogP contribution in [0.25, 0.3) is 55.2 Å². The number of ether oxygens (including phenoxy) is 1. The average Bonchev–Trinajstić information content (AvgIpc) is 3.42. The number of hydrogen-bond acceptors (Lipinski definition) is 3. The second kappa shape index (κ2) is 7.18. The quantitative estimate of drug-likeness (QED) is 0.308. The summed E-state index contributed by atoms with van der Waals surface area (Å²) in [6, 6.07) is 31.2. The van der Waals surface area contributed by atoms with Gasteiger partial charge in [-0.25, -0.2) is 0 Å². The predicted octanol–water partition coefficient (Wildman–Crippen LogP) is 6.68. The minimum absolute atomic E-state index is 0.806. The van der Waals surface area contributed by atoms with Crippen LogP contribution in [0.1, 0.15) is 0 Å². The zero-order valence-corrected chi connectivity index (χ0v) is 18.5.